The fourth-order valence-corrected chi connectivity index (χ4v) is 2.40. The Morgan fingerprint density at radius 1 is 1.05 bits per heavy atom. The topological polar surface area (TPSA) is 29.9 Å². The fourth-order valence-electron chi connectivity index (χ4n) is 2.20. The zero-order valence-electron chi connectivity index (χ0n) is 11.8. The number of rotatable bonds is 5. The molecule has 0 aliphatic carbocycles. The van der Waals surface area contributed by atoms with Crippen molar-refractivity contribution in [1.29, 1.82) is 0 Å². The van der Waals surface area contributed by atoms with Gasteiger partial charge in [-0.2, -0.15) is 0 Å². The number of halogens is 2. The molecule has 0 fully saturated rings. The number of benzene rings is 2. The molecular weight excluding hydrogens is 301 g/mol. The lowest BCUT2D eigenvalue weighted by atomic mass is 10.2. The van der Waals surface area contributed by atoms with Crippen LogP contribution < -0.4 is 5.32 Å². The van der Waals surface area contributed by atoms with Crippen molar-refractivity contribution in [3.05, 3.63) is 83.2 Å². The van der Waals surface area contributed by atoms with Gasteiger partial charge in [-0.25, -0.2) is 9.37 Å². The summed E-state index contributed by atoms with van der Waals surface area (Å²) in [4.78, 5) is 4.03. The Balaban J connectivity index is 1.56. The van der Waals surface area contributed by atoms with E-state index in [0.29, 0.717) is 6.54 Å². The number of hydrogen-bond donors (Lipinski definition) is 1. The first-order chi connectivity index (χ1) is 10.7. The van der Waals surface area contributed by atoms with E-state index in [-0.39, 0.29) is 10.8 Å². The average Bonchev–Trinajstić information content (AvgIpc) is 3.06. The molecular formula is C17H15ClFN3. The molecule has 0 aliphatic rings. The molecule has 3 rings (SSSR count). The van der Waals surface area contributed by atoms with E-state index in [1.807, 2.05) is 22.9 Å². The van der Waals surface area contributed by atoms with Crippen molar-refractivity contribution < 1.29 is 4.39 Å². The van der Waals surface area contributed by atoms with E-state index in [1.165, 1.54) is 11.6 Å². The maximum atomic E-state index is 13.1. The summed E-state index contributed by atoms with van der Waals surface area (Å²) in [6.07, 6.45) is 5.43. The van der Waals surface area contributed by atoms with E-state index in [0.717, 1.165) is 17.8 Å². The number of nitrogens with one attached hydrogen (secondary N) is 1. The normalized spacial score (nSPS) is 10.8. The Hall–Kier alpha value is -2.17. The molecule has 0 aliphatic heterocycles. The van der Waals surface area contributed by atoms with Crippen LogP contribution in [0.3, 0.4) is 0 Å². The van der Waals surface area contributed by atoms with E-state index in [4.69, 9.17) is 11.6 Å². The van der Waals surface area contributed by atoms with Crippen LogP contribution in [-0.4, -0.2) is 9.55 Å². The van der Waals surface area contributed by atoms with E-state index in [9.17, 15) is 4.39 Å². The van der Waals surface area contributed by atoms with Crippen LogP contribution in [0.2, 0.25) is 5.02 Å². The highest BCUT2D eigenvalue weighted by Gasteiger charge is 2.01. The molecule has 0 amide bonds. The van der Waals surface area contributed by atoms with Crippen molar-refractivity contribution in [1.82, 2.24) is 14.9 Å². The quantitative estimate of drug-likeness (QED) is 0.772. The summed E-state index contributed by atoms with van der Waals surface area (Å²) < 4.78 is 15.0. The van der Waals surface area contributed by atoms with Gasteiger partial charge in [0.25, 0.3) is 0 Å². The maximum Gasteiger partial charge on any atom is 0.141 e. The van der Waals surface area contributed by atoms with Crippen molar-refractivity contribution in [3.63, 3.8) is 0 Å². The molecule has 0 bridgehead atoms. The van der Waals surface area contributed by atoms with Gasteiger partial charge < -0.3 is 9.88 Å². The average molecular weight is 316 g/mol. The van der Waals surface area contributed by atoms with Crippen molar-refractivity contribution in [2.45, 2.75) is 13.1 Å². The molecule has 0 unspecified atom stereocenters. The summed E-state index contributed by atoms with van der Waals surface area (Å²) in [5, 5.41) is 3.48. The Kier molecular flexibility index (Phi) is 4.51. The minimum Gasteiger partial charge on any atom is -0.309 e. The molecule has 1 N–H and O–H groups in total. The molecule has 5 heteroatoms. The van der Waals surface area contributed by atoms with Gasteiger partial charge in [0.2, 0.25) is 0 Å². The zero-order valence-corrected chi connectivity index (χ0v) is 12.6. The summed E-state index contributed by atoms with van der Waals surface area (Å²) in [6, 6.07) is 13.0. The van der Waals surface area contributed by atoms with Gasteiger partial charge in [0.05, 0.1) is 11.3 Å². The SMILES string of the molecule is Fc1ccc(CNCc2ccc(-n3ccnc3)cc2)cc1Cl. The van der Waals surface area contributed by atoms with Gasteiger partial charge in [-0.15, -0.1) is 0 Å². The van der Waals surface area contributed by atoms with Gasteiger partial charge in [0.1, 0.15) is 5.82 Å². The largest absolute Gasteiger partial charge is 0.309 e. The lowest BCUT2D eigenvalue weighted by molar-refractivity contribution is 0.625. The molecule has 0 radical (unpaired) electrons. The first-order valence-corrected chi connectivity index (χ1v) is 7.32. The first kappa shape index (κ1) is 14.8. The zero-order chi connectivity index (χ0) is 15.4. The summed E-state index contributed by atoms with van der Waals surface area (Å²) in [7, 11) is 0. The fraction of sp³-hybridized carbons (Fsp3) is 0.118. The maximum absolute atomic E-state index is 13.1. The van der Waals surface area contributed by atoms with Crippen LogP contribution in [0.15, 0.2) is 61.2 Å². The molecule has 1 heterocycles. The highest BCUT2D eigenvalue weighted by Crippen LogP contribution is 2.16. The van der Waals surface area contributed by atoms with Crippen LogP contribution >= 0.6 is 11.6 Å². The van der Waals surface area contributed by atoms with Gasteiger partial charge in [0, 0.05) is 31.2 Å². The number of aromatic nitrogens is 2. The molecule has 0 atom stereocenters. The number of hydrogen-bond acceptors (Lipinski definition) is 2. The Bertz CT molecular complexity index is 739. The number of nitrogens with zero attached hydrogens (tertiary/aromatic N) is 2. The van der Waals surface area contributed by atoms with Gasteiger partial charge in [0.15, 0.2) is 0 Å². The van der Waals surface area contributed by atoms with Crippen LogP contribution in [0.1, 0.15) is 11.1 Å². The highest BCUT2D eigenvalue weighted by atomic mass is 35.5. The van der Waals surface area contributed by atoms with E-state index >= 15 is 0 Å². The molecule has 1 aromatic heterocycles. The number of imidazole rings is 1. The van der Waals surface area contributed by atoms with Crippen molar-refractivity contribution in [2.75, 3.05) is 0 Å². The van der Waals surface area contributed by atoms with E-state index in [2.05, 4.69) is 22.4 Å². The highest BCUT2D eigenvalue weighted by molar-refractivity contribution is 6.30. The standard InChI is InChI=1S/C17H15ClFN3/c18-16-9-14(3-6-17(16)19)11-21-10-13-1-4-15(5-2-13)22-8-7-20-12-22/h1-9,12,21H,10-11H2. The third-order valence-electron chi connectivity index (χ3n) is 3.38. The van der Waals surface area contributed by atoms with Gasteiger partial charge in [-0.1, -0.05) is 29.8 Å². The predicted molar refractivity (Wildman–Crippen MR) is 85.5 cm³/mol. The smallest absolute Gasteiger partial charge is 0.141 e. The molecule has 0 saturated carbocycles. The van der Waals surface area contributed by atoms with Crippen LogP contribution in [0.25, 0.3) is 5.69 Å². The van der Waals surface area contributed by atoms with Gasteiger partial charge >= 0.3 is 0 Å². The first-order valence-electron chi connectivity index (χ1n) is 6.94. The molecule has 0 spiro atoms. The summed E-state index contributed by atoms with van der Waals surface area (Å²) in [6.45, 7) is 1.38. The Morgan fingerprint density at radius 3 is 2.45 bits per heavy atom. The molecule has 0 saturated heterocycles. The monoisotopic (exact) mass is 315 g/mol. The van der Waals surface area contributed by atoms with Crippen molar-refractivity contribution in [3.8, 4) is 5.69 Å². The lowest BCUT2D eigenvalue weighted by Gasteiger charge is -2.07. The second-order valence-electron chi connectivity index (χ2n) is 4.99. The minimum atomic E-state index is -0.388. The van der Waals surface area contributed by atoms with Crippen LogP contribution in [0, 0.1) is 5.82 Å². The molecule has 3 nitrogen and oxygen atoms in total. The second kappa shape index (κ2) is 6.73. The Labute approximate surface area is 133 Å². The lowest BCUT2D eigenvalue weighted by Crippen LogP contribution is -2.12. The third-order valence-corrected chi connectivity index (χ3v) is 3.67. The van der Waals surface area contributed by atoms with Crippen molar-refractivity contribution >= 4 is 11.6 Å². The molecule has 3 aromatic rings. The summed E-state index contributed by atoms with van der Waals surface area (Å²) in [5.74, 6) is -0.388. The predicted octanol–water partition coefficient (Wildman–Crippen LogP) is 3.95. The summed E-state index contributed by atoms with van der Waals surface area (Å²) in [5.41, 5.74) is 3.21. The van der Waals surface area contributed by atoms with Crippen LogP contribution in [0.5, 0.6) is 0 Å². The van der Waals surface area contributed by atoms with Gasteiger partial charge in [-0.05, 0) is 35.4 Å². The van der Waals surface area contributed by atoms with Crippen molar-refractivity contribution in [2.24, 2.45) is 0 Å². The van der Waals surface area contributed by atoms with Gasteiger partial charge in [-0.3, -0.25) is 0 Å². The Morgan fingerprint density at radius 2 is 1.77 bits per heavy atom. The third kappa shape index (κ3) is 3.53. The van der Waals surface area contributed by atoms with E-state index in [1.54, 1.807) is 24.7 Å². The van der Waals surface area contributed by atoms with E-state index < -0.39 is 0 Å². The molecule has 112 valence electrons. The summed E-state index contributed by atoms with van der Waals surface area (Å²) >= 11 is 5.77. The van der Waals surface area contributed by atoms with Crippen LogP contribution in [-0.2, 0) is 13.1 Å². The van der Waals surface area contributed by atoms with Crippen LogP contribution in [0.4, 0.5) is 4.39 Å². The second-order valence-corrected chi connectivity index (χ2v) is 5.40. The minimum absolute atomic E-state index is 0.156. The molecule has 22 heavy (non-hydrogen) atoms. The molecule has 2 aromatic carbocycles.